The summed E-state index contributed by atoms with van der Waals surface area (Å²) in [4.78, 5) is 11.8. The SMILES string of the molecule is CC(CO)CNc1ncnc2[nH]cc(-c3cccc(Cl)c3)c12. The van der Waals surface area contributed by atoms with Crippen LogP contribution in [0.5, 0.6) is 0 Å². The van der Waals surface area contributed by atoms with E-state index in [1.807, 2.05) is 37.4 Å². The van der Waals surface area contributed by atoms with Gasteiger partial charge in [0.1, 0.15) is 17.8 Å². The van der Waals surface area contributed by atoms with E-state index >= 15 is 0 Å². The van der Waals surface area contributed by atoms with Crippen LogP contribution in [0.4, 0.5) is 5.82 Å². The average Bonchev–Trinajstić information content (AvgIpc) is 2.97. The third-order valence-corrected chi connectivity index (χ3v) is 3.77. The van der Waals surface area contributed by atoms with E-state index in [1.165, 1.54) is 6.33 Å². The number of benzene rings is 1. The highest BCUT2D eigenvalue weighted by molar-refractivity contribution is 6.30. The lowest BCUT2D eigenvalue weighted by Gasteiger charge is -2.11. The second-order valence-electron chi connectivity index (χ2n) is 5.33. The zero-order valence-corrected chi connectivity index (χ0v) is 12.9. The van der Waals surface area contributed by atoms with Gasteiger partial charge in [-0.2, -0.15) is 0 Å². The third kappa shape index (κ3) is 2.91. The topological polar surface area (TPSA) is 73.8 Å². The molecule has 0 aliphatic heterocycles. The highest BCUT2D eigenvalue weighted by atomic mass is 35.5. The molecule has 1 unspecified atom stereocenters. The molecule has 5 nitrogen and oxygen atoms in total. The quantitative estimate of drug-likeness (QED) is 0.675. The summed E-state index contributed by atoms with van der Waals surface area (Å²) in [6.07, 6.45) is 3.43. The van der Waals surface area contributed by atoms with Crippen LogP contribution in [0.2, 0.25) is 5.02 Å². The molecule has 3 rings (SSSR count). The normalized spacial score (nSPS) is 12.5. The Balaban J connectivity index is 2.05. The van der Waals surface area contributed by atoms with Crippen LogP contribution in [0.25, 0.3) is 22.2 Å². The molecule has 0 saturated heterocycles. The molecular weight excluding hydrogens is 300 g/mol. The summed E-state index contributed by atoms with van der Waals surface area (Å²) < 4.78 is 0. The van der Waals surface area contributed by atoms with Gasteiger partial charge in [0.25, 0.3) is 0 Å². The summed E-state index contributed by atoms with van der Waals surface area (Å²) in [5.74, 6) is 0.903. The molecule has 0 bridgehead atoms. The Bertz CT molecular complexity index is 787. The summed E-state index contributed by atoms with van der Waals surface area (Å²) in [7, 11) is 0. The number of nitrogens with one attached hydrogen (secondary N) is 2. The molecule has 6 heteroatoms. The highest BCUT2D eigenvalue weighted by Gasteiger charge is 2.13. The lowest BCUT2D eigenvalue weighted by molar-refractivity contribution is 0.244. The minimum absolute atomic E-state index is 0.134. The Morgan fingerprint density at radius 1 is 1.36 bits per heavy atom. The van der Waals surface area contributed by atoms with Crippen LogP contribution in [-0.2, 0) is 0 Å². The van der Waals surface area contributed by atoms with Crippen molar-refractivity contribution < 1.29 is 5.11 Å². The smallest absolute Gasteiger partial charge is 0.143 e. The van der Waals surface area contributed by atoms with Crippen LogP contribution >= 0.6 is 11.6 Å². The second kappa shape index (κ2) is 6.34. The van der Waals surface area contributed by atoms with Gasteiger partial charge < -0.3 is 15.4 Å². The van der Waals surface area contributed by atoms with Gasteiger partial charge in [0.05, 0.1) is 5.39 Å². The molecule has 2 heterocycles. The summed E-state index contributed by atoms with van der Waals surface area (Å²) in [6, 6.07) is 7.68. The third-order valence-electron chi connectivity index (χ3n) is 3.54. The van der Waals surface area contributed by atoms with Gasteiger partial charge in [0.15, 0.2) is 0 Å². The van der Waals surface area contributed by atoms with Crippen molar-refractivity contribution in [2.24, 2.45) is 5.92 Å². The number of aliphatic hydroxyl groups excluding tert-OH is 1. The lowest BCUT2D eigenvalue weighted by Crippen LogP contribution is -2.15. The Kier molecular flexibility index (Phi) is 4.27. The Morgan fingerprint density at radius 2 is 2.23 bits per heavy atom. The van der Waals surface area contributed by atoms with Gasteiger partial charge in [0, 0.05) is 29.9 Å². The van der Waals surface area contributed by atoms with Gasteiger partial charge in [-0.05, 0) is 23.6 Å². The Morgan fingerprint density at radius 3 is 3.00 bits per heavy atom. The van der Waals surface area contributed by atoms with Crippen molar-refractivity contribution in [2.75, 3.05) is 18.5 Å². The summed E-state index contributed by atoms with van der Waals surface area (Å²) in [5, 5.41) is 14.1. The van der Waals surface area contributed by atoms with Crippen LogP contribution in [-0.4, -0.2) is 33.2 Å². The first-order chi connectivity index (χ1) is 10.7. The number of rotatable bonds is 5. The molecule has 3 N–H and O–H groups in total. The molecule has 0 saturated carbocycles. The maximum Gasteiger partial charge on any atom is 0.143 e. The first-order valence-corrected chi connectivity index (χ1v) is 7.49. The van der Waals surface area contributed by atoms with Crippen molar-refractivity contribution in [3.63, 3.8) is 0 Å². The van der Waals surface area contributed by atoms with E-state index in [0.717, 1.165) is 28.0 Å². The van der Waals surface area contributed by atoms with Crippen molar-refractivity contribution in [1.82, 2.24) is 15.0 Å². The highest BCUT2D eigenvalue weighted by Crippen LogP contribution is 2.32. The summed E-state index contributed by atoms with van der Waals surface area (Å²) in [6.45, 7) is 2.75. The number of anilines is 1. The second-order valence-corrected chi connectivity index (χ2v) is 5.76. The fourth-order valence-electron chi connectivity index (χ4n) is 2.32. The number of aliphatic hydroxyl groups is 1. The van der Waals surface area contributed by atoms with Crippen LogP contribution in [0, 0.1) is 5.92 Å². The van der Waals surface area contributed by atoms with Crippen LogP contribution in [0.1, 0.15) is 6.92 Å². The maximum atomic E-state index is 9.16. The van der Waals surface area contributed by atoms with Gasteiger partial charge in [0.2, 0.25) is 0 Å². The number of hydrogen-bond acceptors (Lipinski definition) is 4. The molecule has 0 amide bonds. The van der Waals surface area contributed by atoms with Crippen LogP contribution < -0.4 is 5.32 Å². The minimum Gasteiger partial charge on any atom is -0.396 e. The lowest BCUT2D eigenvalue weighted by atomic mass is 10.1. The average molecular weight is 317 g/mol. The van der Waals surface area contributed by atoms with Crippen molar-refractivity contribution in [3.8, 4) is 11.1 Å². The number of nitrogens with zero attached hydrogens (tertiary/aromatic N) is 2. The van der Waals surface area contributed by atoms with Gasteiger partial charge in [-0.3, -0.25) is 0 Å². The first kappa shape index (κ1) is 14.8. The van der Waals surface area contributed by atoms with E-state index in [-0.39, 0.29) is 12.5 Å². The monoisotopic (exact) mass is 316 g/mol. The number of aromatic amines is 1. The largest absolute Gasteiger partial charge is 0.396 e. The summed E-state index contributed by atoms with van der Waals surface area (Å²) in [5.41, 5.74) is 2.77. The van der Waals surface area contributed by atoms with Crippen LogP contribution in [0.15, 0.2) is 36.8 Å². The van der Waals surface area contributed by atoms with Crippen molar-refractivity contribution >= 4 is 28.5 Å². The summed E-state index contributed by atoms with van der Waals surface area (Å²) >= 11 is 6.09. The minimum atomic E-state index is 0.134. The maximum absolute atomic E-state index is 9.16. The molecule has 22 heavy (non-hydrogen) atoms. The van der Waals surface area contributed by atoms with E-state index in [2.05, 4.69) is 20.3 Å². The van der Waals surface area contributed by atoms with Gasteiger partial charge in [-0.25, -0.2) is 9.97 Å². The molecule has 0 fully saturated rings. The van der Waals surface area contributed by atoms with E-state index in [9.17, 15) is 0 Å². The van der Waals surface area contributed by atoms with E-state index in [1.54, 1.807) is 0 Å². The Labute approximate surface area is 133 Å². The molecule has 1 atom stereocenters. The molecule has 0 radical (unpaired) electrons. The number of aromatic nitrogens is 3. The molecule has 1 aromatic carbocycles. The molecule has 0 aliphatic rings. The van der Waals surface area contributed by atoms with Crippen molar-refractivity contribution in [1.29, 1.82) is 0 Å². The molecule has 3 aromatic rings. The number of fused-ring (bicyclic) bond motifs is 1. The fourth-order valence-corrected chi connectivity index (χ4v) is 2.51. The van der Waals surface area contributed by atoms with Crippen molar-refractivity contribution in [2.45, 2.75) is 6.92 Å². The predicted octanol–water partition coefficient (Wildman–Crippen LogP) is 3.32. The molecular formula is C16H17ClN4O. The number of halogens is 1. The molecule has 2 aromatic heterocycles. The molecule has 114 valence electrons. The van der Waals surface area contributed by atoms with E-state index < -0.39 is 0 Å². The predicted molar refractivity (Wildman–Crippen MR) is 89.1 cm³/mol. The molecule has 0 spiro atoms. The van der Waals surface area contributed by atoms with Gasteiger partial charge in [-0.15, -0.1) is 0 Å². The van der Waals surface area contributed by atoms with E-state index in [4.69, 9.17) is 16.7 Å². The number of H-pyrrole nitrogens is 1. The van der Waals surface area contributed by atoms with Crippen molar-refractivity contribution in [3.05, 3.63) is 41.8 Å². The standard InChI is InChI=1S/C16H17ClN4O/c1-10(8-22)6-18-15-14-13(7-19-16(14)21-9-20-15)11-3-2-4-12(17)5-11/h2-5,7,9-10,22H,6,8H2,1H3,(H2,18,19,20,21). The first-order valence-electron chi connectivity index (χ1n) is 7.11. The zero-order valence-electron chi connectivity index (χ0n) is 12.2. The fraction of sp³-hybridized carbons (Fsp3) is 0.250. The zero-order chi connectivity index (χ0) is 15.5. The number of hydrogen-bond donors (Lipinski definition) is 3. The Hall–Kier alpha value is -2.11. The molecule has 0 aliphatic carbocycles. The van der Waals surface area contributed by atoms with Gasteiger partial charge >= 0.3 is 0 Å². The van der Waals surface area contributed by atoms with E-state index in [0.29, 0.717) is 11.6 Å². The van der Waals surface area contributed by atoms with Gasteiger partial charge in [-0.1, -0.05) is 30.7 Å². The van der Waals surface area contributed by atoms with Crippen LogP contribution in [0.3, 0.4) is 0 Å².